The molecule has 5 nitrogen and oxygen atoms in total. The van der Waals surface area contributed by atoms with Gasteiger partial charge < -0.3 is 15.5 Å². The van der Waals surface area contributed by atoms with Gasteiger partial charge in [-0.05, 0) is 55.4 Å². The second-order valence-electron chi connectivity index (χ2n) is 9.09. The predicted octanol–water partition coefficient (Wildman–Crippen LogP) is 5.14. The number of amides is 1. The highest BCUT2D eigenvalue weighted by Gasteiger charge is 2.21. The summed E-state index contributed by atoms with van der Waals surface area (Å²) in [6.45, 7) is 7.23. The van der Waals surface area contributed by atoms with Crippen LogP contribution in [0.4, 0.5) is 11.5 Å². The molecule has 0 radical (unpaired) electrons. The van der Waals surface area contributed by atoms with Gasteiger partial charge in [-0.2, -0.15) is 0 Å². The molecule has 3 aromatic rings. The van der Waals surface area contributed by atoms with Crippen LogP contribution in [0.5, 0.6) is 0 Å². The Kier molecular flexibility index (Phi) is 7.74. The largest absolute Gasteiger partial charge is 0.370 e. The molecule has 1 atom stereocenters. The van der Waals surface area contributed by atoms with Crippen LogP contribution in [0.15, 0.2) is 72.9 Å². The van der Waals surface area contributed by atoms with Gasteiger partial charge in [0.15, 0.2) is 0 Å². The van der Waals surface area contributed by atoms with Crippen molar-refractivity contribution in [1.82, 2.24) is 10.3 Å². The Morgan fingerprint density at radius 1 is 1.03 bits per heavy atom. The van der Waals surface area contributed by atoms with Crippen molar-refractivity contribution in [3.8, 4) is 0 Å². The highest BCUT2D eigenvalue weighted by atomic mass is 16.2. The fourth-order valence-electron chi connectivity index (χ4n) is 4.24. The van der Waals surface area contributed by atoms with Gasteiger partial charge in [-0.25, -0.2) is 4.98 Å². The zero-order valence-electron chi connectivity index (χ0n) is 19.6. The molecule has 0 spiro atoms. The molecule has 0 aliphatic carbocycles. The minimum Gasteiger partial charge on any atom is -0.370 e. The number of benzene rings is 2. The average Bonchev–Trinajstić information content (AvgIpc) is 2.84. The van der Waals surface area contributed by atoms with Crippen LogP contribution in [0.2, 0.25) is 0 Å². The highest BCUT2D eigenvalue weighted by molar-refractivity contribution is 5.94. The lowest BCUT2D eigenvalue weighted by molar-refractivity contribution is -0.118. The van der Waals surface area contributed by atoms with Crippen LogP contribution < -0.4 is 15.5 Å². The zero-order valence-corrected chi connectivity index (χ0v) is 19.6. The van der Waals surface area contributed by atoms with Gasteiger partial charge in [0.2, 0.25) is 5.91 Å². The second-order valence-corrected chi connectivity index (χ2v) is 9.09. The molecule has 1 saturated heterocycles. The molecule has 1 aliphatic rings. The first-order valence-corrected chi connectivity index (χ1v) is 11.9. The summed E-state index contributed by atoms with van der Waals surface area (Å²) in [6.07, 6.45) is 5.16. The standard InChI is InChI=1S/C28H34N4O/c1-21-8-10-23(11-9-21)14-17-29-27(24-6-4-3-5-7-24)28(33)31-26-13-12-25(20-30-26)32-18-15-22(2)16-19-32/h3-13,20,22,27,29H,14-19H2,1-2H3,(H,30,31,33)/t27-/m1/s1. The molecule has 1 fully saturated rings. The van der Waals surface area contributed by atoms with E-state index in [9.17, 15) is 4.79 Å². The normalized spacial score (nSPS) is 15.3. The van der Waals surface area contributed by atoms with Gasteiger partial charge in [-0.3, -0.25) is 4.79 Å². The molecule has 33 heavy (non-hydrogen) atoms. The maximum Gasteiger partial charge on any atom is 0.247 e. The number of piperidine rings is 1. The number of nitrogens with zero attached hydrogens (tertiary/aromatic N) is 2. The summed E-state index contributed by atoms with van der Waals surface area (Å²) in [5, 5.41) is 6.44. The molecule has 1 aromatic heterocycles. The molecular weight excluding hydrogens is 408 g/mol. The quantitative estimate of drug-likeness (QED) is 0.507. The summed E-state index contributed by atoms with van der Waals surface area (Å²) < 4.78 is 0. The third-order valence-corrected chi connectivity index (χ3v) is 6.43. The molecule has 0 bridgehead atoms. The fraction of sp³-hybridized carbons (Fsp3) is 0.357. The van der Waals surface area contributed by atoms with Crippen molar-refractivity contribution in [2.24, 2.45) is 5.92 Å². The maximum absolute atomic E-state index is 13.2. The number of carbonyl (C=O) groups is 1. The third-order valence-electron chi connectivity index (χ3n) is 6.43. The maximum atomic E-state index is 13.2. The van der Waals surface area contributed by atoms with Crippen molar-refractivity contribution < 1.29 is 4.79 Å². The Morgan fingerprint density at radius 3 is 2.42 bits per heavy atom. The number of nitrogens with one attached hydrogen (secondary N) is 2. The van der Waals surface area contributed by atoms with E-state index < -0.39 is 6.04 Å². The van der Waals surface area contributed by atoms with E-state index >= 15 is 0 Å². The molecule has 1 amide bonds. The number of rotatable bonds is 8. The van der Waals surface area contributed by atoms with Crippen LogP contribution in [0.25, 0.3) is 0 Å². The van der Waals surface area contributed by atoms with Gasteiger partial charge >= 0.3 is 0 Å². The van der Waals surface area contributed by atoms with Crippen molar-refractivity contribution in [3.63, 3.8) is 0 Å². The summed E-state index contributed by atoms with van der Waals surface area (Å²) >= 11 is 0. The van der Waals surface area contributed by atoms with Gasteiger partial charge in [0.25, 0.3) is 0 Å². The number of hydrogen-bond acceptors (Lipinski definition) is 4. The van der Waals surface area contributed by atoms with Crippen LogP contribution >= 0.6 is 0 Å². The fourth-order valence-corrected chi connectivity index (χ4v) is 4.24. The van der Waals surface area contributed by atoms with Gasteiger partial charge in [-0.1, -0.05) is 67.1 Å². The highest BCUT2D eigenvalue weighted by Crippen LogP contribution is 2.23. The van der Waals surface area contributed by atoms with Crippen LogP contribution in [0.3, 0.4) is 0 Å². The monoisotopic (exact) mass is 442 g/mol. The molecule has 2 heterocycles. The number of aryl methyl sites for hydroxylation is 1. The molecule has 5 heteroatoms. The Bertz CT molecular complexity index is 1010. The summed E-state index contributed by atoms with van der Waals surface area (Å²) in [5.41, 5.74) is 4.57. The van der Waals surface area contributed by atoms with E-state index in [2.05, 4.69) is 64.7 Å². The first kappa shape index (κ1) is 23.0. The number of anilines is 2. The van der Waals surface area contributed by atoms with E-state index in [1.165, 1.54) is 24.0 Å². The van der Waals surface area contributed by atoms with Crippen molar-refractivity contribution in [3.05, 3.63) is 89.6 Å². The Labute approximate surface area is 197 Å². The molecule has 0 unspecified atom stereocenters. The van der Waals surface area contributed by atoms with E-state index in [-0.39, 0.29) is 5.91 Å². The SMILES string of the molecule is Cc1ccc(CCN[C@@H](C(=O)Nc2ccc(N3CCC(C)CC3)cn2)c2ccccc2)cc1. The van der Waals surface area contributed by atoms with E-state index in [0.717, 1.165) is 36.7 Å². The predicted molar refractivity (Wildman–Crippen MR) is 136 cm³/mol. The topological polar surface area (TPSA) is 57.3 Å². The van der Waals surface area contributed by atoms with E-state index in [0.29, 0.717) is 12.4 Å². The number of hydrogen-bond donors (Lipinski definition) is 2. The summed E-state index contributed by atoms with van der Waals surface area (Å²) in [5.74, 6) is 1.27. The second kappa shape index (κ2) is 11.1. The third kappa shape index (κ3) is 6.42. The molecular formula is C28H34N4O. The van der Waals surface area contributed by atoms with Crippen molar-refractivity contribution >= 4 is 17.4 Å². The summed E-state index contributed by atoms with van der Waals surface area (Å²) in [6, 6.07) is 21.9. The lowest BCUT2D eigenvalue weighted by Gasteiger charge is -2.31. The lowest BCUT2D eigenvalue weighted by Crippen LogP contribution is -2.34. The van der Waals surface area contributed by atoms with Crippen molar-refractivity contribution in [2.45, 2.75) is 39.2 Å². The summed E-state index contributed by atoms with van der Waals surface area (Å²) in [4.78, 5) is 20.1. The van der Waals surface area contributed by atoms with Gasteiger partial charge in [0.1, 0.15) is 11.9 Å². The Hall–Kier alpha value is -3.18. The van der Waals surface area contributed by atoms with Crippen LogP contribution in [0, 0.1) is 12.8 Å². The van der Waals surface area contributed by atoms with Gasteiger partial charge in [-0.15, -0.1) is 0 Å². The minimum atomic E-state index is -0.443. The number of pyridine rings is 1. The first-order chi connectivity index (χ1) is 16.1. The molecule has 2 aromatic carbocycles. The number of aromatic nitrogens is 1. The summed E-state index contributed by atoms with van der Waals surface area (Å²) in [7, 11) is 0. The zero-order chi connectivity index (χ0) is 23.0. The first-order valence-electron chi connectivity index (χ1n) is 11.9. The van der Waals surface area contributed by atoms with Crippen LogP contribution in [0.1, 0.15) is 42.5 Å². The van der Waals surface area contributed by atoms with Gasteiger partial charge in [0.05, 0.1) is 11.9 Å². The van der Waals surface area contributed by atoms with Crippen LogP contribution in [-0.2, 0) is 11.2 Å². The average molecular weight is 443 g/mol. The molecule has 172 valence electrons. The van der Waals surface area contributed by atoms with Crippen LogP contribution in [-0.4, -0.2) is 30.5 Å². The van der Waals surface area contributed by atoms with E-state index in [4.69, 9.17) is 0 Å². The van der Waals surface area contributed by atoms with E-state index in [1.54, 1.807) is 0 Å². The van der Waals surface area contributed by atoms with E-state index in [1.807, 2.05) is 42.6 Å². The lowest BCUT2D eigenvalue weighted by atomic mass is 9.99. The molecule has 2 N–H and O–H groups in total. The minimum absolute atomic E-state index is 0.0999. The smallest absolute Gasteiger partial charge is 0.247 e. The van der Waals surface area contributed by atoms with Crippen molar-refractivity contribution in [2.75, 3.05) is 29.9 Å². The van der Waals surface area contributed by atoms with Gasteiger partial charge in [0, 0.05) is 19.6 Å². The molecule has 1 aliphatic heterocycles. The Balaban J connectivity index is 1.39. The van der Waals surface area contributed by atoms with Crippen molar-refractivity contribution in [1.29, 1.82) is 0 Å². The Morgan fingerprint density at radius 2 is 1.76 bits per heavy atom. The molecule has 4 rings (SSSR count). The number of carbonyl (C=O) groups excluding carboxylic acids is 1. The molecule has 0 saturated carbocycles.